The van der Waals surface area contributed by atoms with E-state index in [4.69, 9.17) is 16.3 Å². The Kier molecular flexibility index (Phi) is 8.70. The van der Waals surface area contributed by atoms with Crippen LogP contribution in [-0.2, 0) is 0 Å². The van der Waals surface area contributed by atoms with Gasteiger partial charge in [-0.2, -0.15) is 0 Å². The van der Waals surface area contributed by atoms with E-state index in [-0.39, 0.29) is 0 Å². The third-order valence-electron chi connectivity index (χ3n) is 5.66. The van der Waals surface area contributed by atoms with Crippen LogP contribution in [0.15, 0.2) is 42.5 Å². The van der Waals surface area contributed by atoms with Gasteiger partial charge in [-0.05, 0) is 75.5 Å². The molecule has 0 amide bonds. The minimum absolute atomic E-state index is 0.763. The van der Waals surface area contributed by atoms with Crippen molar-refractivity contribution in [3.63, 3.8) is 0 Å². The van der Waals surface area contributed by atoms with Crippen molar-refractivity contribution in [2.24, 2.45) is 0 Å². The highest BCUT2D eigenvalue weighted by atomic mass is 35.5. The van der Waals surface area contributed by atoms with Gasteiger partial charge in [0.25, 0.3) is 0 Å². The lowest BCUT2D eigenvalue weighted by Crippen LogP contribution is -2.20. The van der Waals surface area contributed by atoms with E-state index in [0.29, 0.717) is 0 Å². The number of nitrogens with zero attached hydrogens (tertiary/aromatic N) is 1. The fraction of sp³-hybridized carbons (Fsp3) is 0.520. The molecule has 152 valence electrons. The molecule has 0 saturated carbocycles. The zero-order valence-electron chi connectivity index (χ0n) is 17.3. The van der Waals surface area contributed by atoms with Crippen molar-refractivity contribution in [2.45, 2.75) is 58.3 Å². The molecule has 1 saturated heterocycles. The van der Waals surface area contributed by atoms with Gasteiger partial charge in [0.05, 0.1) is 11.6 Å². The molecular formula is C25H34ClNO. The summed E-state index contributed by atoms with van der Waals surface area (Å²) in [4.78, 5) is 2.62. The summed E-state index contributed by atoms with van der Waals surface area (Å²) in [5.74, 6) is 0.882. The Labute approximate surface area is 175 Å². The van der Waals surface area contributed by atoms with E-state index in [0.717, 1.165) is 40.5 Å². The topological polar surface area (TPSA) is 12.5 Å². The van der Waals surface area contributed by atoms with E-state index < -0.39 is 0 Å². The highest BCUT2D eigenvalue weighted by Gasteiger charge is 2.10. The van der Waals surface area contributed by atoms with Crippen LogP contribution in [-0.4, -0.2) is 31.1 Å². The number of hydrogen-bond donors (Lipinski definition) is 0. The molecule has 1 fully saturated rings. The first-order valence-electron chi connectivity index (χ1n) is 10.9. The Morgan fingerprint density at radius 3 is 2.29 bits per heavy atom. The molecule has 0 radical (unpaired) electrons. The van der Waals surface area contributed by atoms with E-state index in [2.05, 4.69) is 30.0 Å². The highest BCUT2D eigenvalue weighted by Crippen LogP contribution is 2.34. The highest BCUT2D eigenvalue weighted by molar-refractivity contribution is 6.33. The summed E-state index contributed by atoms with van der Waals surface area (Å²) >= 11 is 6.54. The first kappa shape index (κ1) is 21.2. The first-order valence-corrected chi connectivity index (χ1v) is 11.3. The minimum atomic E-state index is 0.763. The van der Waals surface area contributed by atoms with Crippen LogP contribution in [0.4, 0.5) is 0 Å². The van der Waals surface area contributed by atoms with Gasteiger partial charge in [0.2, 0.25) is 0 Å². The van der Waals surface area contributed by atoms with Gasteiger partial charge in [0, 0.05) is 5.56 Å². The number of unbranched alkanes of at least 4 members (excludes halogenated alkanes) is 5. The number of aryl methyl sites for hydroxylation is 1. The lowest BCUT2D eigenvalue weighted by molar-refractivity contribution is 0.302. The number of rotatable bonds is 11. The van der Waals surface area contributed by atoms with Crippen molar-refractivity contribution in [1.82, 2.24) is 4.90 Å². The third-order valence-corrected chi connectivity index (χ3v) is 5.96. The summed E-state index contributed by atoms with van der Waals surface area (Å²) in [5, 5.41) is 0.763. The molecular weight excluding hydrogens is 366 g/mol. The van der Waals surface area contributed by atoms with E-state index in [1.54, 1.807) is 0 Å². The minimum Gasteiger partial charge on any atom is -0.494 e. The fourth-order valence-electron chi connectivity index (χ4n) is 4.11. The molecule has 1 heterocycles. The van der Waals surface area contributed by atoms with Crippen molar-refractivity contribution in [3.05, 3.63) is 53.1 Å². The predicted octanol–water partition coefficient (Wildman–Crippen LogP) is 7.13. The van der Waals surface area contributed by atoms with Crippen LogP contribution in [0, 0.1) is 6.92 Å². The maximum Gasteiger partial charge on any atom is 0.121 e. The lowest BCUT2D eigenvalue weighted by atomic mass is 10.0. The third kappa shape index (κ3) is 6.53. The van der Waals surface area contributed by atoms with Crippen LogP contribution in [0.2, 0.25) is 5.02 Å². The second kappa shape index (κ2) is 11.5. The van der Waals surface area contributed by atoms with E-state index in [1.807, 2.05) is 24.3 Å². The maximum atomic E-state index is 6.54. The molecule has 28 heavy (non-hydrogen) atoms. The van der Waals surface area contributed by atoms with Gasteiger partial charge in [-0.15, -0.1) is 0 Å². The quantitative estimate of drug-likeness (QED) is 0.372. The standard InChI is InChI=1S/C25H34ClNO/c1-21-19-23(20-24(26)25(21)22-13-7-6-8-14-22)28-18-12-5-3-2-4-9-15-27-16-10-11-17-27/h6-8,13-14,19-20H,2-5,9-12,15-18H2,1H3. The molecule has 0 spiro atoms. The largest absolute Gasteiger partial charge is 0.494 e. The Bertz CT molecular complexity index is 687. The molecule has 0 unspecified atom stereocenters. The molecule has 2 aromatic carbocycles. The van der Waals surface area contributed by atoms with Gasteiger partial charge in [0.1, 0.15) is 5.75 Å². The Morgan fingerprint density at radius 2 is 1.57 bits per heavy atom. The van der Waals surface area contributed by atoms with E-state index in [9.17, 15) is 0 Å². The second-order valence-corrected chi connectivity index (χ2v) is 8.39. The summed E-state index contributed by atoms with van der Waals surface area (Å²) < 4.78 is 5.96. The Balaban J connectivity index is 1.31. The van der Waals surface area contributed by atoms with Gasteiger partial charge < -0.3 is 9.64 Å². The molecule has 1 aliphatic heterocycles. The zero-order valence-corrected chi connectivity index (χ0v) is 18.0. The fourth-order valence-corrected chi connectivity index (χ4v) is 4.47. The summed E-state index contributed by atoms with van der Waals surface area (Å²) in [6.45, 7) is 6.83. The van der Waals surface area contributed by atoms with Crippen LogP contribution >= 0.6 is 11.6 Å². The van der Waals surface area contributed by atoms with Crippen LogP contribution in [0.25, 0.3) is 11.1 Å². The summed E-state index contributed by atoms with van der Waals surface area (Å²) in [6.07, 6.45) is 10.6. The van der Waals surface area contributed by atoms with Gasteiger partial charge in [-0.3, -0.25) is 0 Å². The van der Waals surface area contributed by atoms with Crippen molar-refractivity contribution in [3.8, 4) is 16.9 Å². The lowest BCUT2D eigenvalue weighted by Gasteiger charge is -2.14. The molecule has 2 nitrogen and oxygen atoms in total. The molecule has 3 rings (SSSR count). The molecule has 0 N–H and O–H groups in total. The monoisotopic (exact) mass is 399 g/mol. The number of benzene rings is 2. The van der Waals surface area contributed by atoms with Crippen molar-refractivity contribution < 1.29 is 4.74 Å². The zero-order chi connectivity index (χ0) is 19.6. The number of ether oxygens (including phenoxy) is 1. The molecule has 1 aliphatic rings. The number of hydrogen-bond acceptors (Lipinski definition) is 2. The van der Waals surface area contributed by atoms with E-state index >= 15 is 0 Å². The van der Waals surface area contributed by atoms with Crippen molar-refractivity contribution in [2.75, 3.05) is 26.2 Å². The van der Waals surface area contributed by atoms with Gasteiger partial charge >= 0.3 is 0 Å². The molecule has 0 atom stereocenters. The number of likely N-dealkylation sites (tertiary alicyclic amines) is 1. The van der Waals surface area contributed by atoms with E-state index in [1.165, 1.54) is 64.6 Å². The predicted molar refractivity (Wildman–Crippen MR) is 120 cm³/mol. The first-order chi connectivity index (χ1) is 13.7. The van der Waals surface area contributed by atoms with Crippen LogP contribution in [0.3, 0.4) is 0 Å². The average Bonchev–Trinajstić information content (AvgIpc) is 3.20. The summed E-state index contributed by atoms with van der Waals surface area (Å²) in [7, 11) is 0. The van der Waals surface area contributed by atoms with Gasteiger partial charge in [-0.1, -0.05) is 67.6 Å². The SMILES string of the molecule is Cc1cc(OCCCCCCCCN2CCCC2)cc(Cl)c1-c1ccccc1. The second-order valence-electron chi connectivity index (χ2n) is 7.98. The van der Waals surface area contributed by atoms with Crippen LogP contribution in [0.5, 0.6) is 5.75 Å². The number of halogens is 1. The van der Waals surface area contributed by atoms with Crippen molar-refractivity contribution in [1.29, 1.82) is 0 Å². The molecule has 3 heteroatoms. The van der Waals surface area contributed by atoms with Crippen LogP contribution < -0.4 is 4.74 Å². The molecule has 0 aromatic heterocycles. The smallest absolute Gasteiger partial charge is 0.121 e. The molecule has 0 bridgehead atoms. The van der Waals surface area contributed by atoms with Crippen molar-refractivity contribution >= 4 is 11.6 Å². The maximum absolute atomic E-state index is 6.54. The molecule has 2 aromatic rings. The Morgan fingerprint density at radius 1 is 0.893 bits per heavy atom. The summed E-state index contributed by atoms with van der Waals surface area (Å²) in [6, 6.07) is 14.4. The normalized spacial score (nSPS) is 14.5. The average molecular weight is 400 g/mol. The van der Waals surface area contributed by atoms with Gasteiger partial charge in [0.15, 0.2) is 0 Å². The molecule has 0 aliphatic carbocycles. The van der Waals surface area contributed by atoms with Gasteiger partial charge in [-0.25, -0.2) is 0 Å². The summed E-state index contributed by atoms with van der Waals surface area (Å²) in [5.41, 5.74) is 3.41. The van der Waals surface area contributed by atoms with Crippen LogP contribution in [0.1, 0.15) is 56.9 Å². The Hall–Kier alpha value is -1.51.